The minimum atomic E-state index is 0.744. The van der Waals surface area contributed by atoms with Gasteiger partial charge in [-0.1, -0.05) is 32.4 Å². The number of benzene rings is 1. The van der Waals surface area contributed by atoms with E-state index in [1.165, 1.54) is 36.4 Å². The van der Waals surface area contributed by atoms with Crippen molar-refractivity contribution in [1.82, 2.24) is 9.36 Å². The molecule has 0 spiro atoms. The van der Waals surface area contributed by atoms with E-state index in [1.54, 1.807) is 7.11 Å². The quantitative estimate of drug-likeness (QED) is 0.682. The van der Waals surface area contributed by atoms with Crippen molar-refractivity contribution in [2.24, 2.45) is 5.92 Å². The maximum Gasteiger partial charge on any atom is 0.204 e. The number of methoxy groups -OCH3 is 1. The number of hydrogen-bond acceptors (Lipinski definition) is 5. The second-order valence-electron chi connectivity index (χ2n) is 6.10. The number of aromatic nitrogens is 2. The Bertz CT molecular complexity index is 599. The first-order valence-electron chi connectivity index (χ1n) is 8.29. The van der Waals surface area contributed by atoms with Gasteiger partial charge < -0.3 is 9.64 Å². The van der Waals surface area contributed by atoms with Gasteiger partial charge in [-0.2, -0.15) is 4.37 Å². The summed E-state index contributed by atoms with van der Waals surface area (Å²) in [6, 6.07) is 8.08. The fraction of sp³-hybridized carbons (Fsp3) is 0.556. The van der Waals surface area contributed by atoms with Gasteiger partial charge in [-0.3, -0.25) is 0 Å². The van der Waals surface area contributed by atoms with Crippen molar-refractivity contribution < 1.29 is 4.74 Å². The average molecular weight is 334 g/mol. The molecule has 0 aliphatic rings. The summed E-state index contributed by atoms with van der Waals surface area (Å²) in [6.07, 6.45) is 4.48. The molecule has 0 saturated heterocycles. The minimum Gasteiger partial charge on any atom is -0.497 e. The molecule has 1 aromatic carbocycles. The molecule has 5 heteroatoms. The van der Waals surface area contributed by atoms with Crippen molar-refractivity contribution in [1.29, 1.82) is 0 Å². The molecule has 0 amide bonds. The van der Waals surface area contributed by atoms with E-state index in [1.807, 2.05) is 18.2 Å². The van der Waals surface area contributed by atoms with Crippen LogP contribution in [-0.4, -0.2) is 30.1 Å². The van der Waals surface area contributed by atoms with Gasteiger partial charge in [0.15, 0.2) is 0 Å². The Morgan fingerprint density at radius 2 is 2.17 bits per heavy atom. The van der Waals surface area contributed by atoms with Gasteiger partial charge in [0, 0.05) is 31.5 Å². The Labute approximate surface area is 143 Å². The summed E-state index contributed by atoms with van der Waals surface area (Å²) in [6.45, 7) is 5.61. The Morgan fingerprint density at radius 3 is 2.91 bits per heavy atom. The summed E-state index contributed by atoms with van der Waals surface area (Å²) < 4.78 is 9.76. The number of anilines is 1. The zero-order chi connectivity index (χ0) is 16.7. The van der Waals surface area contributed by atoms with E-state index in [4.69, 9.17) is 4.74 Å². The van der Waals surface area contributed by atoms with Crippen molar-refractivity contribution in [2.45, 2.75) is 39.5 Å². The lowest BCUT2D eigenvalue weighted by Gasteiger charge is -2.16. The Hall–Kier alpha value is -1.62. The molecule has 126 valence electrons. The van der Waals surface area contributed by atoms with Crippen LogP contribution in [-0.2, 0) is 6.42 Å². The van der Waals surface area contributed by atoms with Gasteiger partial charge in [0.25, 0.3) is 0 Å². The molecule has 1 atom stereocenters. The molecule has 0 N–H and O–H groups in total. The lowest BCUT2D eigenvalue weighted by atomic mass is 10.0. The second-order valence-corrected chi connectivity index (χ2v) is 6.83. The number of rotatable bonds is 9. The number of ether oxygens (including phenoxy) is 1. The lowest BCUT2D eigenvalue weighted by Crippen LogP contribution is -2.18. The average Bonchev–Trinajstić information content (AvgIpc) is 3.03. The molecular weight excluding hydrogens is 306 g/mol. The highest BCUT2D eigenvalue weighted by Crippen LogP contribution is 2.20. The largest absolute Gasteiger partial charge is 0.497 e. The molecule has 0 bridgehead atoms. The van der Waals surface area contributed by atoms with E-state index in [0.29, 0.717) is 0 Å². The lowest BCUT2D eigenvalue weighted by molar-refractivity contribution is 0.414. The molecule has 0 fully saturated rings. The van der Waals surface area contributed by atoms with Crippen LogP contribution in [0.25, 0.3) is 0 Å². The van der Waals surface area contributed by atoms with Crippen molar-refractivity contribution in [3.8, 4) is 5.75 Å². The predicted octanol–water partition coefficient (Wildman–Crippen LogP) is 4.40. The molecule has 1 unspecified atom stereocenters. The molecular formula is C18H27N3OS. The van der Waals surface area contributed by atoms with Crippen LogP contribution in [0.1, 0.15) is 44.5 Å². The van der Waals surface area contributed by atoms with Crippen molar-refractivity contribution >= 4 is 16.7 Å². The Balaban J connectivity index is 1.89. The van der Waals surface area contributed by atoms with Crippen LogP contribution in [0.4, 0.5) is 5.13 Å². The predicted molar refractivity (Wildman–Crippen MR) is 97.7 cm³/mol. The van der Waals surface area contributed by atoms with Gasteiger partial charge >= 0.3 is 0 Å². The smallest absolute Gasteiger partial charge is 0.204 e. The fourth-order valence-electron chi connectivity index (χ4n) is 2.41. The van der Waals surface area contributed by atoms with Gasteiger partial charge in [0.1, 0.15) is 11.6 Å². The highest BCUT2D eigenvalue weighted by Gasteiger charge is 2.10. The maximum absolute atomic E-state index is 5.26. The van der Waals surface area contributed by atoms with Gasteiger partial charge in [0.2, 0.25) is 5.13 Å². The summed E-state index contributed by atoms with van der Waals surface area (Å²) in [4.78, 5) is 6.89. The summed E-state index contributed by atoms with van der Waals surface area (Å²) in [7, 11) is 3.79. The van der Waals surface area contributed by atoms with E-state index in [9.17, 15) is 0 Å². The first-order valence-corrected chi connectivity index (χ1v) is 9.06. The van der Waals surface area contributed by atoms with Crippen LogP contribution in [0, 0.1) is 5.92 Å². The fourth-order valence-corrected chi connectivity index (χ4v) is 3.08. The summed E-state index contributed by atoms with van der Waals surface area (Å²) in [5, 5.41) is 1.01. The molecule has 4 nitrogen and oxygen atoms in total. The van der Waals surface area contributed by atoms with Gasteiger partial charge in [-0.25, -0.2) is 4.98 Å². The summed E-state index contributed by atoms with van der Waals surface area (Å²) in [5.74, 6) is 2.56. The van der Waals surface area contributed by atoms with E-state index < -0.39 is 0 Å². The Morgan fingerprint density at radius 1 is 1.35 bits per heavy atom. The van der Waals surface area contributed by atoms with Crippen LogP contribution in [0.2, 0.25) is 0 Å². The minimum absolute atomic E-state index is 0.744. The normalized spacial score (nSPS) is 12.2. The van der Waals surface area contributed by atoms with E-state index >= 15 is 0 Å². The van der Waals surface area contributed by atoms with Crippen molar-refractivity contribution in [3.63, 3.8) is 0 Å². The topological polar surface area (TPSA) is 38.2 Å². The number of nitrogens with zero attached hydrogens (tertiary/aromatic N) is 3. The van der Waals surface area contributed by atoms with Gasteiger partial charge in [0.05, 0.1) is 7.11 Å². The van der Waals surface area contributed by atoms with Crippen molar-refractivity contribution in [2.75, 3.05) is 25.6 Å². The highest BCUT2D eigenvalue weighted by molar-refractivity contribution is 7.09. The third-order valence-corrected chi connectivity index (χ3v) is 5.04. The molecule has 1 aromatic heterocycles. The second kappa shape index (κ2) is 8.87. The SMILES string of the molecule is CCC(C)CCCN(C)c1nc(Cc2cccc(OC)c2)ns1. The van der Waals surface area contributed by atoms with Gasteiger partial charge in [-0.05, 0) is 36.5 Å². The van der Waals surface area contributed by atoms with Crippen LogP contribution >= 0.6 is 11.5 Å². The molecule has 2 rings (SSSR count). The monoisotopic (exact) mass is 333 g/mol. The molecule has 0 saturated carbocycles. The molecule has 23 heavy (non-hydrogen) atoms. The van der Waals surface area contributed by atoms with E-state index in [0.717, 1.165) is 35.6 Å². The highest BCUT2D eigenvalue weighted by atomic mass is 32.1. The standard InChI is InChI=1S/C18H27N3OS/c1-5-14(2)8-7-11-21(3)18-19-17(20-23-18)13-15-9-6-10-16(12-15)22-4/h6,9-10,12,14H,5,7-8,11,13H2,1-4H3. The Kier molecular flexibility index (Phi) is 6.84. The van der Waals surface area contributed by atoms with Gasteiger partial charge in [-0.15, -0.1) is 0 Å². The van der Waals surface area contributed by atoms with Crippen LogP contribution < -0.4 is 9.64 Å². The first kappa shape index (κ1) is 17.7. The molecule has 0 aliphatic heterocycles. The summed E-state index contributed by atoms with van der Waals surface area (Å²) >= 11 is 1.49. The molecule has 2 aromatic rings. The zero-order valence-electron chi connectivity index (χ0n) is 14.6. The molecule has 1 heterocycles. The summed E-state index contributed by atoms with van der Waals surface area (Å²) in [5.41, 5.74) is 1.17. The maximum atomic E-state index is 5.26. The van der Waals surface area contributed by atoms with E-state index in [-0.39, 0.29) is 0 Å². The third kappa shape index (κ3) is 5.50. The van der Waals surface area contributed by atoms with Crippen LogP contribution in [0.3, 0.4) is 0 Å². The van der Waals surface area contributed by atoms with Crippen molar-refractivity contribution in [3.05, 3.63) is 35.7 Å². The first-order chi connectivity index (χ1) is 11.1. The molecule has 0 radical (unpaired) electrons. The third-order valence-electron chi connectivity index (χ3n) is 4.17. The van der Waals surface area contributed by atoms with Crippen LogP contribution in [0.15, 0.2) is 24.3 Å². The number of hydrogen-bond donors (Lipinski definition) is 0. The molecule has 0 aliphatic carbocycles. The zero-order valence-corrected chi connectivity index (χ0v) is 15.4. The van der Waals surface area contributed by atoms with E-state index in [2.05, 4.69) is 41.2 Å². The van der Waals surface area contributed by atoms with Crippen LogP contribution in [0.5, 0.6) is 5.75 Å².